The van der Waals surface area contributed by atoms with Crippen LogP contribution in [0.1, 0.15) is 12.6 Å². The lowest BCUT2D eigenvalue weighted by atomic mass is 10.1. The number of benzene rings is 1. The monoisotopic (exact) mass is 282 g/mol. The minimum Gasteiger partial charge on any atom is -0.396 e. The third kappa shape index (κ3) is 3.03. The van der Waals surface area contributed by atoms with Gasteiger partial charge in [0.2, 0.25) is 5.95 Å². The first-order chi connectivity index (χ1) is 10.3. The van der Waals surface area contributed by atoms with Gasteiger partial charge in [-0.1, -0.05) is 31.2 Å². The Morgan fingerprint density at radius 1 is 1.14 bits per heavy atom. The Labute approximate surface area is 123 Å². The minimum absolute atomic E-state index is 0.167. The van der Waals surface area contributed by atoms with E-state index < -0.39 is 0 Å². The van der Waals surface area contributed by atoms with Gasteiger partial charge in [-0.25, -0.2) is 4.52 Å². The van der Waals surface area contributed by atoms with Crippen LogP contribution >= 0.6 is 0 Å². The van der Waals surface area contributed by atoms with Gasteiger partial charge in [0.1, 0.15) is 0 Å². The summed E-state index contributed by atoms with van der Waals surface area (Å²) in [6.07, 6.45) is 0.766. The number of anilines is 2. The van der Waals surface area contributed by atoms with E-state index in [1.165, 1.54) is 0 Å². The largest absolute Gasteiger partial charge is 0.396 e. The summed E-state index contributed by atoms with van der Waals surface area (Å²) in [6.45, 7) is 2.18. The normalized spacial score (nSPS) is 12.5. The molecule has 0 fully saturated rings. The van der Waals surface area contributed by atoms with Crippen molar-refractivity contribution in [2.24, 2.45) is 5.92 Å². The first kappa shape index (κ1) is 13.6. The zero-order chi connectivity index (χ0) is 14.7. The van der Waals surface area contributed by atoms with E-state index in [4.69, 9.17) is 0 Å². The van der Waals surface area contributed by atoms with Crippen LogP contribution in [0.2, 0.25) is 0 Å². The van der Waals surface area contributed by atoms with Gasteiger partial charge in [-0.3, -0.25) is 0 Å². The van der Waals surface area contributed by atoms with Crippen LogP contribution in [-0.2, 0) is 6.42 Å². The van der Waals surface area contributed by atoms with Gasteiger partial charge in [0.05, 0.1) is 0 Å². The molecule has 0 radical (unpaired) electrons. The molecule has 1 aromatic carbocycles. The molecule has 0 aliphatic carbocycles. The van der Waals surface area contributed by atoms with Gasteiger partial charge in [-0.15, -0.1) is 5.10 Å². The summed E-state index contributed by atoms with van der Waals surface area (Å²) in [4.78, 5) is 4.48. The molecule has 0 spiro atoms. The molecule has 0 amide bonds. The van der Waals surface area contributed by atoms with Gasteiger partial charge in [-0.2, -0.15) is 4.98 Å². The highest BCUT2D eigenvalue weighted by Crippen LogP contribution is 2.16. The van der Waals surface area contributed by atoms with Crippen LogP contribution < -0.4 is 5.32 Å². The number of fused-ring (bicyclic) bond motifs is 1. The molecule has 1 atom stereocenters. The summed E-state index contributed by atoms with van der Waals surface area (Å²) in [5, 5.41) is 16.9. The molecule has 108 valence electrons. The first-order valence-electron chi connectivity index (χ1n) is 7.04. The average molecular weight is 282 g/mol. The number of aliphatic hydroxyl groups is 1. The van der Waals surface area contributed by atoms with Crippen molar-refractivity contribution in [1.82, 2.24) is 14.6 Å². The molecule has 0 bridgehead atoms. The second-order valence-corrected chi connectivity index (χ2v) is 5.21. The molecule has 2 aromatic heterocycles. The Hall–Kier alpha value is -2.40. The SMILES string of the molecule is C[C@@H](CO)Cc1cccc2nc(Nc3ccccc3)nn12. The van der Waals surface area contributed by atoms with E-state index in [0.717, 1.165) is 23.4 Å². The standard InChI is InChI=1S/C16H18N4O/c1-12(11-21)10-14-8-5-9-15-18-16(19-20(14)15)17-13-6-3-2-4-7-13/h2-9,12,21H,10-11H2,1H3,(H,17,19)/t12-/m1/s1. The van der Waals surface area contributed by atoms with E-state index in [1.807, 2.05) is 60.0 Å². The fourth-order valence-electron chi connectivity index (χ4n) is 2.24. The third-order valence-corrected chi connectivity index (χ3v) is 3.34. The van der Waals surface area contributed by atoms with E-state index >= 15 is 0 Å². The van der Waals surface area contributed by atoms with Crippen LogP contribution in [0.3, 0.4) is 0 Å². The quantitative estimate of drug-likeness (QED) is 0.755. The summed E-state index contributed by atoms with van der Waals surface area (Å²) in [7, 11) is 0. The van der Waals surface area contributed by atoms with Crippen LogP contribution in [0.25, 0.3) is 5.65 Å². The number of hydrogen-bond donors (Lipinski definition) is 2. The lowest BCUT2D eigenvalue weighted by molar-refractivity contribution is 0.236. The fraction of sp³-hybridized carbons (Fsp3) is 0.250. The smallest absolute Gasteiger partial charge is 0.247 e. The summed E-state index contributed by atoms with van der Waals surface area (Å²) >= 11 is 0. The van der Waals surface area contributed by atoms with Gasteiger partial charge in [-0.05, 0) is 36.6 Å². The van der Waals surface area contributed by atoms with Gasteiger partial charge < -0.3 is 10.4 Å². The van der Waals surface area contributed by atoms with Crippen LogP contribution in [0.4, 0.5) is 11.6 Å². The highest BCUT2D eigenvalue weighted by molar-refractivity contribution is 5.55. The van der Waals surface area contributed by atoms with Crippen molar-refractivity contribution in [3.05, 3.63) is 54.2 Å². The van der Waals surface area contributed by atoms with Crippen molar-refractivity contribution in [2.75, 3.05) is 11.9 Å². The second kappa shape index (κ2) is 5.93. The molecule has 21 heavy (non-hydrogen) atoms. The maximum Gasteiger partial charge on any atom is 0.247 e. The summed E-state index contributed by atoms with van der Waals surface area (Å²) in [6, 6.07) is 15.8. The number of aliphatic hydroxyl groups excluding tert-OH is 1. The third-order valence-electron chi connectivity index (χ3n) is 3.34. The molecule has 5 heteroatoms. The van der Waals surface area contributed by atoms with Crippen molar-refractivity contribution >= 4 is 17.3 Å². The van der Waals surface area contributed by atoms with E-state index in [9.17, 15) is 5.11 Å². The predicted octanol–water partition coefficient (Wildman–Crippen LogP) is 2.64. The molecular formula is C16H18N4O. The lowest BCUT2D eigenvalue weighted by Crippen LogP contribution is -2.08. The Morgan fingerprint density at radius 2 is 1.95 bits per heavy atom. The van der Waals surface area contributed by atoms with E-state index in [1.54, 1.807) is 0 Å². The molecule has 0 saturated heterocycles. The van der Waals surface area contributed by atoms with Crippen molar-refractivity contribution in [2.45, 2.75) is 13.3 Å². The summed E-state index contributed by atoms with van der Waals surface area (Å²) < 4.78 is 1.83. The highest BCUT2D eigenvalue weighted by Gasteiger charge is 2.10. The number of rotatable bonds is 5. The summed E-state index contributed by atoms with van der Waals surface area (Å²) in [5.41, 5.74) is 2.80. The zero-order valence-electron chi connectivity index (χ0n) is 11.9. The highest BCUT2D eigenvalue weighted by atomic mass is 16.3. The number of hydrogen-bond acceptors (Lipinski definition) is 4. The van der Waals surface area contributed by atoms with Crippen molar-refractivity contribution in [3.63, 3.8) is 0 Å². The van der Waals surface area contributed by atoms with Crippen molar-refractivity contribution in [1.29, 1.82) is 0 Å². The van der Waals surface area contributed by atoms with Gasteiger partial charge >= 0.3 is 0 Å². The molecule has 0 aliphatic heterocycles. The molecule has 5 nitrogen and oxygen atoms in total. The van der Waals surface area contributed by atoms with Crippen LogP contribution in [0, 0.1) is 5.92 Å². The Kier molecular flexibility index (Phi) is 3.83. The van der Waals surface area contributed by atoms with Crippen molar-refractivity contribution in [3.8, 4) is 0 Å². The van der Waals surface area contributed by atoms with Gasteiger partial charge in [0, 0.05) is 18.0 Å². The maximum absolute atomic E-state index is 9.21. The number of aromatic nitrogens is 3. The van der Waals surface area contributed by atoms with Gasteiger partial charge in [0.25, 0.3) is 0 Å². The Morgan fingerprint density at radius 3 is 2.71 bits per heavy atom. The van der Waals surface area contributed by atoms with Crippen LogP contribution in [-0.4, -0.2) is 26.3 Å². The van der Waals surface area contributed by atoms with E-state index in [-0.39, 0.29) is 12.5 Å². The fourth-order valence-corrected chi connectivity index (χ4v) is 2.24. The number of nitrogens with one attached hydrogen (secondary N) is 1. The zero-order valence-corrected chi connectivity index (χ0v) is 11.9. The number of para-hydroxylation sites is 1. The molecule has 0 saturated carbocycles. The van der Waals surface area contributed by atoms with Gasteiger partial charge in [0.15, 0.2) is 5.65 Å². The molecule has 2 N–H and O–H groups in total. The molecule has 3 rings (SSSR count). The average Bonchev–Trinajstić information content (AvgIpc) is 2.91. The molecule has 0 unspecified atom stereocenters. The number of pyridine rings is 1. The first-order valence-corrected chi connectivity index (χ1v) is 7.04. The van der Waals surface area contributed by atoms with E-state index in [2.05, 4.69) is 15.4 Å². The molecular weight excluding hydrogens is 264 g/mol. The van der Waals surface area contributed by atoms with Crippen molar-refractivity contribution < 1.29 is 5.11 Å². The minimum atomic E-state index is 0.167. The van der Waals surface area contributed by atoms with Crippen LogP contribution in [0.15, 0.2) is 48.5 Å². The van der Waals surface area contributed by atoms with Crippen LogP contribution in [0.5, 0.6) is 0 Å². The maximum atomic E-state index is 9.21. The molecule has 0 aliphatic rings. The Bertz CT molecular complexity index is 723. The van der Waals surface area contributed by atoms with E-state index in [0.29, 0.717) is 5.95 Å². The topological polar surface area (TPSA) is 62.5 Å². The molecule has 3 aromatic rings. The lowest BCUT2D eigenvalue weighted by Gasteiger charge is -2.08. The Balaban J connectivity index is 1.91. The second-order valence-electron chi connectivity index (χ2n) is 5.21. The molecule has 2 heterocycles. The predicted molar refractivity (Wildman–Crippen MR) is 82.7 cm³/mol. The number of nitrogens with zero attached hydrogens (tertiary/aromatic N) is 3. The summed E-state index contributed by atoms with van der Waals surface area (Å²) in [5.74, 6) is 0.774.